The SMILES string of the molecule is c1ccc(COc2cccc3sncc23)cc1. The molecule has 0 bridgehead atoms. The number of aromatic nitrogens is 1. The first kappa shape index (κ1) is 10.3. The molecular formula is C14H11NOS. The normalized spacial score (nSPS) is 10.6. The minimum absolute atomic E-state index is 0.593. The van der Waals surface area contributed by atoms with Crippen LogP contribution in [0.1, 0.15) is 5.56 Å². The summed E-state index contributed by atoms with van der Waals surface area (Å²) in [7, 11) is 0. The molecule has 84 valence electrons. The molecule has 0 fully saturated rings. The molecule has 17 heavy (non-hydrogen) atoms. The first-order valence-corrected chi connectivity index (χ1v) is 6.21. The molecule has 0 saturated heterocycles. The zero-order valence-corrected chi connectivity index (χ0v) is 9.98. The first-order chi connectivity index (χ1) is 8.43. The van der Waals surface area contributed by atoms with Gasteiger partial charge in [-0.25, -0.2) is 0 Å². The highest BCUT2D eigenvalue weighted by molar-refractivity contribution is 7.13. The van der Waals surface area contributed by atoms with Crippen LogP contribution in [0.5, 0.6) is 5.75 Å². The number of hydrogen-bond donors (Lipinski definition) is 0. The second-order valence-electron chi connectivity index (χ2n) is 3.77. The highest BCUT2D eigenvalue weighted by Crippen LogP contribution is 2.28. The Bertz CT molecular complexity index is 618. The van der Waals surface area contributed by atoms with Crippen molar-refractivity contribution in [2.75, 3.05) is 0 Å². The topological polar surface area (TPSA) is 22.1 Å². The molecule has 1 aromatic heterocycles. The van der Waals surface area contributed by atoms with Crippen molar-refractivity contribution in [2.24, 2.45) is 0 Å². The third kappa shape index (κ3) is 2.15. The number of hydrogen-bond acceptors (Lipinski definition) is 3. The van der Waals surface area contributed by atoms with E-state index in [2.05, 4.69) is 22.6 Å². The number of rotatable bonds is 3. The fourth-order valence-corrected chi connectivity index (χ4v) is 2.39. The van der Waals surface area contributed by atoms with Crippen molar-refractivity contribution < 1.29 is 4.74 Å². The third-order valence-corrected chi connectivity index (χ3v) is 3.36. The molecule has 0 saturated carbocycles. The molecule has 0 aliphatic heterocycles. The predicted octanol–water partition coefficient (Wildman–Crippen LogP) is 3.88. The van der Waals surface area contributed by atoms with Gasteiger partial charge >= 0.3 is 0 Å². The molecular weight excluding hydrogens is 230 g/mol. The van der Waals surface area contributed by atoms with Crippen LogP contribution < -0.4 is 4.74 Å². The number of fused-ring (bicyclic) bond motifs is 1. The van der Waals surface area contributed by atoms with E-state index in [-0.39, 0.29) is 0 Å². The summed E-state index contributed by atoms with van der Waals surface area (Å²) >= 11 is 1.49. The molecule has 2 nitrogen and oxygen atoms in total. The van der Waals surface area contributed by atoms with E-state index in [4.69, 9.17) is 4.74 Å². The summed E-state index contributed by atoms with van der Waals surface area (Å²) in [5, 5.41) is 1.09. The maximum Gasteiger partial charge on any atom is 0.130 e. The van der Waals surface area contributed by atoms with Crippen molar-refractivity contribution in [3.05, 3.63) is 60.3 Å². The van der Waals surface area contributed by atoms with Crippen molar-refractivity contribution in [2.45, 2.75) is 6.61 Å². The van der Waals surface area contributed by atoms with Crippen LogP contribution in [0.3, 0.4) is 0 Å². The van der Waals surface area contributed by atoms with Gasteiger partial charge in [-0.05, 0) is 29.2 Å². The van der Waals surface area contributed by atoms with Gasteiger partial charge in [-0.3, -0.25) is 0 Å². The average Bonchev–Trinajstić information content (AvgIpc) is 2.86. The summed E-state index contributed by atoms with van der Waals surface area (Å²) < 4.78 is 11.2. The number of ether oxygens (including phenoxy) is 1. The van der Waals surface area contributed by atoms with Crippen molar-refractivity contribution >= 4 is 21.6 Å². The molecule has 0 aliphatic rings. The molecule has 0 atom stereocenters. The highest BCUT2D eigenvalue weighted by atomic mass is 32.1. The number of benzene rings is 2. The van der Waals surface area contributed by atoms with Crippen LogP contribution in [-0.4, -0.2) is 4.37 Å². The van der Waals surface area contributed by atoms with E-state index in [0.29, 0.717) is 6.61 Å². The summed E-state index contributed by atoms with van der Waals surface area (Å²) in [4.78, 5) is 0. The fraction of sp³-hybridized carbons (Fsp3) is 0.0714. The first-order valence-electron chi connectivity index (χ1n) is 5.43. The smallest absolute Gasteiger partial charge is 0.130 e. The Morgan fingerprint density at radius 1 is 1.00 bits per heavy atom. The van der Waals surface area contributed by atoms with Crippen LogP contribution in [0, 0.1) is 0 Å². The molecule has 3 aromatic rings. The van der Waals surface area contributed by atoms with E-state index in [1.54, 1.807) is 0 Å². The highest BCUT2D eigenvalue weighted by Gasteiger charge is 2.03. The molecule has 1 heterocycles. The van der Waals surface area contributed by atoms with Crippen molar-refractivity contribution in [3.63, 3.8) is 0 Å². The second-order valence-corrected chi connectivity index (χ2v) is 4.60. The molecule has 0 aliphatic carbocycles. The number of nitrogens with zero attached hydrogens (tertiary/aromatic N) is 1. The van der Waals surface area contributed by atoms with Gasteiger partial charge in [0.1, 0.15) is 12.4 Å². The summed E-state index contributed by atoms with van der Waals surface area (Å²) in [5.41, 5.74) is 1.17. The van der Waals surface area contributed by atoms with Crippen molar-refractivity contribution in [3.8, 4) is 5.75 Å². The predicted molar refractivity (Wildman–Crippen MR) is 70.4 cm³/mol. The van der Waals surface area contributed by atoms with Gasteiger partial charge < -0.3 is 4.74 Å². The standard InChI is InChI=1S/C14H11NOS/c1-2-5-11(6-3-1)10-16-13-7-4-8-14-12(13)9-15-17-14/h1-9H,10H2. The Balaban J connectivity index is 1.84. The summed E-state index contributed by atoms with van der Waals surface area (Å²) in [6, 6.07) is 16.2. The lowest BCUT2D eigenvalue weighted by Crippen LogP contribution is -1.94. The minimum Gasteiger partial charge on any atom is -0.488 e. The van der Waals surface area contributed by atoms with Gasteiger partial charge in [0, 0.05) is 0 Å². The molecule has 0 amide bonds. The molecule has 0 N–H and O–H groups in total. The van der Waals surface area contributed by atoms with E-state index in [1.165, 1.54) is 17.1 Å². The van der Waals surface area contributed by atoms with Crippen LogP contribution in [0.4, 0.5) is 0 Å². The lowest BCUT2D eigenvalue weighted by Gasteiger charge is -2.06. The quantitative estimate of drug-likeness (QED) is 0.694. The van der Waals surface area contributed by atoms with Gasteiger partial charge in [-0.15, -0.1) is 0 Å². The maximum absolute atomic E-state index is 5.83. The second kappa shape index (κ2) is 4.55. The Kier molecular flexibility index (Phi) is 2.76. The molecule has 3 rings (SSSR count). The molecule has 2 aromatic carbocycles. The fourth-order valence-electron chi connectivity index (χ4n) is 1.73. The van der Waals surface area contributed by atoms with Crippen LogP contribution in [0.15, 0.2) is 54.7 Å². The minimum atomic E-state index is 0.593. The maximum atomic E-state index is 5.83. The van der Waals surface area contributed by atoms with E-state index in [1.807, 2.05) is 36.5 Å². The molecule has 0 unspecified atom stereocenters. The summed E-state index contributed by atoms with van der Waals surface area (Å²) in [6.45, 7) is 0.593. The summed E-state index contributed by atoms with van der Waals surface area (Å²) in [6.07, 6.45) is 1.86. The molecule has 0 radical (unpaired) electrons. The Labute approximate surface area is 104 Å². The van der Waals surface area contributed by atoms with E-state index in [0.717, 1.165) is 15.8 Å². The van der Waals surface area contributed by atoms with Crippen LogP contribution in [0.2, 0.25) is 0 Å². The van der Waals surface area contributed by atoms with Crippen LogP contribution in [0.25, 0.3) is 10.1 Å². The van der Waals surface area contributed by atoms with Crippen molar-refractivity contribution in [1.82, 2.24) is 4.37 Å². The van der Waals surface area contributed by atoms with E-state index < -0.39 is 0 Å². The zero-order chi connectivity index (χ0) is 11.5. The largest absolute Gasteiger partial charge is 0.488 e. The third-order valence-electron chi connectivity index (χ3n) is 2.60. The lowest BCUT2D eigenvalue weighted by atomic mass is 10.2. The zero-order valence-electron chi connectivity index (χ0n) is 9.17. The van der Waals surface area contributed by atoms with Gasteiger partial charge in [0.05, 0.1) is 16.3 Å². The average molecular weight is 241 g/mol. The van der Waals surface area contributed by atoms with Crippen LogP contribution >= 0.6 is 11.5 Å². The lowest BCUT2D eigenvalue weighted by molar-refractivity contribution is 0.310. The van der Waals surface area contributed by atoms with E-state index in [9.17, 15) is 0 Å². The van der Waals surface area contributed by atoms with Crippen LogP contribution in [-0.2, 0) is 6.61 Å². The van der Waals surface area contributed by atoms with E-state index >= 15 is 0 Å². The Morgan fingerprint density at radius 3 is 2.76 bits per heavy atom. The van der Waals surface area contributed by atoms with Gasteiger partial charge in [-0.2, -0.15) is 4.37 Å². The van der Waals surface area contributed by atoms with Gasteiger partial charge in [0.25, 0.3) is 0 Å². The van der Waals surface area contributed by atoms with Gasteiger partial charge in [-0.1, -0.05) is 36.4 Å². The van der Waals surface area contributed by atoms with Crippen molar-refractivity contribution in [1.29, 1.82) is 0 Å². The molecule has 3 heteroatoms. The molecule has 0 spiro atoms. The van der Waals surface area contributed by atoms with Gasteiger partial charge in [0.2, 0.25) is 0 Å². The Hall–Kier alpha value is -1.87. The Morgan fingerprint density at radius 2 is 1.88 bits per heavy atom. The monoisotopic (exact) mass is 241 g/mol. The van der Waals surface area contributed by atoms with Gasteiger partial charge in [0.15, 0.2) is 0 Å². The summed E-state index contributed by atoms with van der Waals surface area (Å²) in [5.74, 6) is 0.903.